The predicted octanol–water partition coefficient (Wildman–Crippen LogP) is 3.49. The molecule has 0 aliphatic heterocycles. The predicted molar refractivity (Wildman–Crippen MR) is 79.8 cm³/mol. The lowest BCUT2D eigenvalue weighted by Crippen LogP contribution is -2.05. The third-order valence-corrected chi connectivity index (χ3v) is 3.76. The highest BCUT2D eigenvalue weighted by atomic mass is 16.3. The number of rotatable bonds is 5. The fourth-order valence-corrected chi connectivity index (χ4v) is 2.45. The van der Waals surface area contributed by atoms with Crippen molar-refractivity contribution >= 4 is 5.69 Å². The highest BCUT2D eigenvalue weighted by Crippen LogP contribution is 2.35. The van der Waals surface area contributed by atoms with Gasteiger partial charge in [0.25, 0.3) is 0 Å². The minimum Gasteiger partial charge on any atom is -0.444 e. The van der Waals surface area contributed by atoms with Crippen LogP contribution in [0.5, 0.6) is 0 Å². The van der Waals surface area contributed by atoms with Crippen LogP contribution in [0, 0.1) is 0 Å². The molecule has 2 aromatic heterocycles. The van der Waals surface area contributed by atoms with Crippen LogP contribution in [-0.2, 0) is 6.54 Å². The molecule has 5 heteroatoms. The summed E-state index contributed by atoms with van der Waals surface area (Å²) in [5.41, 5.74) is 3.35. The number of hydrogen-bond acceptors (Lipinski definition) is 4. The minimum atomic E-state index is 0.665. The fraction of sp³-hybridized carbons (Fsp3) is 0.250. The normalized spacial score (nSPS) is 14.3. The highest BCUT2D eigenvalue weighted by molar-refractivity contribution is 5.60. The summed E-state index contributed by atoms with van der Waals surface area (Å²) in [5, 5.41) is 3.44. The van der Waals surface area contributed by atoms with Crippen LogP contribution >= 0.6 is 0 Å². The highest BCUT2D eigenvalue weighted by Gasteiger charge is 2.24. The van der Waals surface area contributed by atoms with E-state index >= 15 is 0 Å². The summed E-state index contributed by atoms with van der Waals surface area (Å²) in [7, 11) is 0. The van der Waals surface area contributed by atoms with Crippen LogP contribution in [-0.4, -0.2) is 14.5 Å². The lowest BCUT2D eigenvalue weighted by molar-refractivity contribution is 0.572. The van der Waals surface area contributed by atoms with E-state index < -0.39 is 0 Å². The summed E-state index contributed by atoms with van der Waals surface area (Å²) in [6.07, 6.45) is 9.58. The third kappa shape index (κ3) is 2.54. The van der Waals surface area contributed by atoms with Crippen molar-refractivity contribution in [1.82, 2.24) is 14.5 Å². The van der Waals surface area contributed by atoms with E-state index in [1.165, 1.54) is 24.9 Å². The molecule has 0 amide bonds. The molecule has 1 saturated carbocycles. The molecule has 4 rings (SSSR count). The molecule has 0 atom stereocenters. The van der Waals surface area contributed by atoms with E-state index in [2.05, 4.69) is 32.0 Å². The standard InChI is InChI=1S/C16H16N4O/c1-3-13(4-2-12(1)16-9-18-11-21-16)19-8-15-7-17-10-20(15)14-5-6-14/h1-4,7,9-11,14,19H,5-6,8H2. The van der Waals surface area contributed by atoms with Crippen LogP contribution in [0.15, 0.2) is 53.8 Å². The van der Waals surface area contributed by atoms with Gasteiger partial charge in [-0.25, -0.2) is 9.97 Å². The van der Waals surface area contributed by atoms with Crippen molar-refractivity contribution in [2.75, 3.05) is 5.32 Å². The Hall–Kier alpha value is -2.56. The molecule has 21 heavy (non-hydrogen) atoms. The van der Waals surface area contributed by atoms with Crippen molar-refractivity contribution in [3.05, 3.63) is 55.1 Å². The largest absolute Gasteiger partial charge is 0.444 e. The maximum absolute atomic E-state index is 5.28. The molecule has 5 nitrogen and oxygen atoms in total. The summed E-state index contributed by atoms with van der Waals surface area (Å²) in [5.74, 6) is 0.786. The van der Waals surface area contributed by atoms with Gasteiger partial charge in [0.1, 0.15) is 0 Å². The van der Waals surface area contributed by atoms with Crippen LogP contribution in [0.2, 0.25) is 0 Å². The van der Waals surface area contributed by atoms with Gasteiger partial charge in [-0.3, -0.25) is 0 Å². The van der Waals surface area contributed by atoms with Gasteiger partial charge in [-0.15, -0.1) is 0 Å². The molecule has 0 unspecified atom stereocenters. The van der Waals surface area contributed by atoms with Crippen molar-refractivity contribution in [2.24, 2.45) is 0 Å². The Morgan fingerprint density at radius 3 is 2.71 bits per heavy atom. The average Bonchev–Trinajstić information content (AvgIpc) is 3.04. The second-order valence-electron chi connectivity index (χ2n) is 5.32. The van der Waals surface area contributed by atoms with E-state index in [9.17, 15) is 0 Å². The Morgan fingerprint density at radius 1 is 1.14 bits per heavy atom. The lowest BCUT2D eigenvalue weighted by atomic mass is 10.1. The van der Waals surface area contributed by atoms with Crippen LogP contribution in [0.1, 0.15) is 24.6 Å². The van der Waals surface area contributed by atoms with Crippen LogP contribution in [0.4, 0.5) is 5.69 Å². The number of hydrogen-bond donors (Lipinski definition) is 1. The van der Waals surface area contributed by atoms with Crippen LogP contribution < -0.4 is 5.32 Å². The van der Waals surface area contributed by atoms with Gasteiger partial charge in [-0.2, -0.15) is 0 Å². The van der Waals surface area contributed by atoms with E-state index in [4.69, 9.17) is 4.42 Å². The van der Waals surface area contributed by atoms with Gasteiger partial charge >= 0.3 is 0 Å². The second-order valence-corrected chi connectivity index (χ2v) is 5.32. The Kier molecular flexibility index (Phi) is 2.96. The lowest BCUT2D eigenvalue weighted by Gasteiger charge is -2.09. The molecule has 1 aliphatic rings. The third-order valence-electron chi connectivity index (χ3n) is 3.76. The maximum Gasteiger partial charge on any atom is 0.181 e. The molecule has 0 radical (unpaired) electrons. The van der Waals surface area contributed by atoms with Gasteiger partial charge in [0.05, 0.1) is 24.8 Å². The quantitative estimate of drug-likeness (QED) is 0.777. The van der Waals surface area contributed by atoms with Crippen molar-refractivity contribution in [3.8, 4) is 11.3 Å². The smallest absolute Gasteiger partial charge is 0.181 e. The van der Waals surface area contributed by atoms with Crippen LogP contribution in [0.25, 0.3) is 11.3 Å². The number of anilines is 1. The first-order valence-corrected chi connectivity index (χ1v) is 7.13. The molecule has 3 aromatic rings. The number of aromatic nitrogens is 3. The molecule has 1 fully saturated rings. The average molecular weight is 280 g/mol. The Labute approximate surface area is 122 Å². The van der Waals surface area contributed by atoms with Gasteiger partial charge < -0.3 is 14.3 Å². The molecule has 0 spiro atoms. The van der Waals surface area contributed by atoms with Crippen molar-refractivity contribution in [1.29, 1.82) is 0 Å². The molecule has 1 aromatic carbocycles. The topological polar surface area (TPSA) is 55.9 Å². The summed E-state index contributed by atoms with van der Waals surface area (Å²) in [6.45, 7) is 0.790. The summed E-state index contributed by atoms with van der Waals surface area (Å²) in [4.78, 5) is 8.18. The summed E-state index contributed by atoms with van der Waals surface area (Å²) < 4.78 is 7.56. The van der Waals surface area contributed by atoms with Crippen molar-refractivity contribution in [3.63, 3.8) is 0 Å². The van der Waals surface area contributed by atoms with E-state index in [0.29, 0.717) is 6.04 Å². The number of imidazole rings is 1. The first kappa shape index (κ1) is 12.2. The minimum absolute atomic E-state index is 0.665. The van der Waals surface area contributed by atoms with E-state index in [0.717, 1.165) is 23.6 Å². The molecule has 1 N–H and O–H groups in total. The van der Waals surface area contributed by atoms with E-state index in [-0.39, 0.29) is 0 Å². The van der Waals surface area contributed by atoms with Crippen molar-refractivity contribution in [2.45, 2.75) is 25.4 Å². The van der Waals surface area contributed by atoms with E-state index in [1.807, 2.05) is 24.7 Å². The second kappa shape index (κ2) is 5.09. The SMILES string of the molecule is c1ncc(-c2ccc(NCc3cncn3C3CC3)cc2)o1. The number of nitrogens with one attached hydrogen (secondary N) is 1. The molecule has 0 bridgehead atoms. The molecule has 1 aliphatic carbocycles. The summed E-state index contributed by atoms with van der Waals surface area (Å²) in [6, 6.07) is 8.83. The Bertz CT molecular complexity index is 711. The summed E-state index contributed by atoms with van der Waals surface area (Å²) >= 11 is 0. The number of benzene rings is 1. The van der Waals surface area contributed by atoms with Gasteiger partial charge in [0, 0.05) is 23.5 Å². The number of oxazole rings is 1. The number of nitrogens with zero attached hydrogens (tertiary/aromatic N) is 3. The monoisotopic (exact) mass is 280 g/mol. The van der Waals surface area contributed by atoms with Gasteiger partial charge in [0.15, 0.2) is 12.2 Å². The van der Waals surface area contributed by atoms with Gasteiger partial charge in [-0.05, 0) is 37.1 Å². The Morgan fingerprint density at radius 2 is 2.00 bits per heavy atom. The fourth-order valence-electron chi connectivity index (χ4n) is 2.45. The Balaban J connectivity index is 1.44. The maximum atomic E-state index is 5.28. The van der Waals surface area contributed by atoms with E-state index in [1.54, 1.807) is 6.20 Å². The first-order chi connectivity index (χ1) is 10.4. The zero-order valence-electron chi connectivity index (χ0n) is 11.6. The van der Waals surface area contributed by atoms with Crippen molar-refractivity contribution < 1.29 is 4.42 Å². The molecule has 0 saturated heterocycles. The zero-order valence-corrected chi connectivity index (χ0v) is 11.6. The molecular formula is C16H16N4O. The zero-order chi connectivity index (χ0) is 14.1. The van der Waals surface area contributed by atoms with Crippen LogP contribution in [0.3, 0.4) is 0 Å². The van der Waals surface area contributed by atoms with Gasteiger partial charge in [0.2, 0.25) is 0 Å². The molecule has 2 heterocycles. The first-order valence-electron chi connectivity index (χ1n) is 7.13. The molecule has 106 valence electrons. The van der Waals surface area contributed by atoms with Gasteiger partial charge in [-0.1, -0.05) is 0 Å². The molecular weight excluding hydrogens is 264 g/mol.